The predicted molar refractivity (Wildman–Crippen MR) is 101 cm³/mol. The number of nitrogens with zero attached hydrogens (tertiary/aromatic N) is 1. The molecule has 0 atom stereocenters. The van der Waals surface area contributed by atoms with E-state index in [1.807, 2.05) is 62.4 Å². The van der Waals surface area contributed by atoms with Crippen LogP contribution in [-0.4, -0.2) is 29.7 Å². The molecule has 25 heavy (non-hydrogen) atoms. The van der Waals surface area contributed by atoms with Crippen molar-refractivity contribution >= 4 is 22.5 Å². The number of ketones is 1. The third-order valence-electron chi connectivity index (χ3n) is 4.47. The standard InChI is InChI=1S/C22H21NO2/c1-3-23(4-2)22(25)20-18-13-9-8-10-16(18)14-15-19(20)21(24)17-11-6-5-7-12-17/h5-15H,3-4H2,1-2H3. The van der Waals surface area contributed by atoms with Crippen LogP contribution in [0.15, 0.2) is 66.7 Å². The Kier molecular flexibility index (Phi) is 4.94. The number of hydrogen-bond acceptors (Lipinski definition) is 2. The SMILES string of the molecule is CCN(CC)C(=O)c1c(C(=O)c2ccccc2)ccc2ccccc12. The van der Waals surface area contributed by atoms with Crippen LogP contribution in [-0.2, 0) is 0 Å². The summed E-state index contributed by atoms with van der Waals surface area (Å²) in [7, 11) is 0. The highest BCUT2D eigenvalue weighted by molar-refractivity contribution is 6.20. The van der Waals surface area contributed by atoms with Crippen LogP contribution < -0.4 is 0 Å². The lowest BCUT2D eigenvalue weighted by molar-refractivity contribution is 0.0770. The van der Waals surface area contributed by atoms with Gasteiger partial charge >= 0.3 is 0 Å². The van der Waals surface area contributed by atoms with Crippen LogP contribution in [0, 0.1) is 0 Å². The van der Waals surface area contributed by atoms with E-state index >= 15 is 0 Å². The Morgan fingerprint density at radius 3 is 2.12 bits per heavy atom. The molecule has 0 aromatic heterocycles. The van der Waals surface area contributed by atoms with Crippen LogP contribution in [0.4, 0.5) is 0 Å². The Morgan fingerprint density at radius 2 is 1.44 bits per heavy atom. The number of rotatable bonds is 5. The van der Waals surface area contributed by atoms with Gasteiger partial charge in [0, 0.05) is 24.2 Å². The van der Waals surface area contributed by atoms with Gasteiger partial charge < -0.3 is 4.90 Å². The fourth-order valence-electron chi connectivity index (χ4n) is 3.11. The first-order chi connectivity index (χ1) is 12.2. The van der Waals surface area contributed by atoms with Crippen LogP contribution in [0.25, 0.3) is 10.8 Å². The van der Waals surface area contributed by atoms with Crippen molar-refractivity contribution in [3.05, 3.63) is 83.4 Å². The third kappa shape index (κ3) is 3.18. The highest BCUT2D eigenvalue weighted by atomic mass is 16.2. The van der Waals surface area contributed by atoms with Gasteiger partial charge in [-0.25, -0.2) is 0 Å². The number of amides is 1. The number of carbonyl (C=O) groups excluding carboxylic acids is 2. The minimum atomic E-state index is -0.123. The zero-order valence-corrected chi connectivity index (χ0v) is 14.5. The Morgan fingerprint density at radius 1 is 0.800 bits per heavy atom. The molecule has 0 bridgehead atoms. The van der Waals surface area contributed by atoms with E-state index in [0.717, 1.165) is 10.8 Å². The molecule has 0 saturated heterocycles. The maximum absolute atomic E-state index is 13.2. The van der Waals surface area contributed by atoms with Crippen LogP contribution in [0.3, 0.4) is 0 Å². The summed E-state index contributed by atoms with van der Waals surface area (Å²) in [4.78, 5) is 27.9. The molecule has 1 amide bonds. The fraction of sp³-hybridized carbons (Fsp3) is 0.182. The van der Waals surface area contributed by atoms with Crippen molar-refractivity contribution in [3.8, 4) is 0 Å². The van der Waals surface area contributed by atoms with Gasteiger partial charge in [0.05, 0.1) is 5.56 Å². The molecule has 0 fully saturated rings. The first-order valence-electron chi connectivity index (χ1n) is 8.58. The van der Waals surface area contributed by atoms with E-state index < -0.39 is 0 Å². The molecule has 0 unspecified atom stereocenters. The highest BCUT2D eigenvalue weighted by Gasteiger charge is 2.23. The van der Waals surface area contributed by atoms with E-state index in [1.165, 1.54) is 0 Å². The zero-order valence-electron chi connectivity index (χ0n) is 14.5. The molecule has 0 saturated carbocycles. The molecule has 0 heterocycles. The quantitative estimate of drug-likeness (QED) is 0.643. The molecule has 3 rings (SSSR count). The summed E-state index contributed by atoms with van der Waals surface area (Å²) in [6, 6.07) is 20.5. The molecular weight excluding hydrogens is 310 g/mol. The van der Waals surface area contributed by atoms with E-state index in [-0.39, 0.29) is 11.7 Å². The Balaban J connectivity index is 2.23. The van der Waals surface area contributed by atoms with Gasteiger partial charge in [0.25, 0.3) is 5.91 Å². The minimum Gasteiger partial charge on any atom is -0.339 e. The lowest BCUT2D eigenvalue weighted by atomic mass is 9.92. The summed E-state index contributed by atoms with van der Waals surface area (Å²) < 4.78 is 0. The Labute approximate surface area is 147 Å². The van der Waals surface area contributed by atoms with Crippen molar-refractivity contribution in [2.24, 2.45) is 0 Å². The number of benzene rings is 3. The average molecular weight is 331 g/mol. The second-order valence-electron chi connectivity index (χ2n) is 5.88. The Hall–Kier alpha value is -2.94. The van der Waals surface area contributed by atoms with E-state index in [1.54, 1.807) is 23.1 Å². The van der Waals surface area contributed by atoms with Gasteiger partial charge in [-0.1, -0.05) is 60.7 Å². The van der Waals surface area contributed by atoms with Crippen molar-refractivity contribution in [1.82, 2.24) is 4.90 Å². The normalized spacial score (nSPS) is 10.6. The lowest BCUT2D eigenvalue weighted by Crippen LogP contribution is -2.32. The molecule has 126 valence electrons. The lowest BCUT2D eigenvalue weighted by Gasteiger charge is -2.21. The molecule has 3 aromatic carbocycles. The van der Waals surface area contributed by atoms with Gasteiger partial charge in [0.2, 0.25) is 0 Å². The molecule has 0 aliphatic carbocycles. The second-order valence-corrected chi connectivity index (χ2v) is 5.88. The van der Waals surface area contributed by atoms with Crippen LogP contribution in [0.1, 0.15) is 40.1 Å². The molecule has 0 aliphatic heterocycles. The molecule has 0 radical (unpaired) electrons. The van der Waals surface area contributed by atoms with Crippen LogP contribution in [0.2, 0.25) is 0 Å². The topological polar surface area (TPSA) is 37.4 Å². The summed E-state index contributed by atoms with van der Waals surface area (Å²) >= 11 is 0. The van der Waals surface area contributed by atoms with E-state index in [9.17, 15) is 9.59 Å². The zero-order chi connectivity index (χ0) is 17.8. The summed E-state index contributed by atoms with van der Waals surface area (Å²) in [5, 5.41) is 1.78. The fourth-order valence-corrected chi connectivity index (χ4v) is 3.11. The summed E-state index contributed by atoms with van der Waals surface area (Å²) in [6.07, 6.45) is 0. The van der Waals surface area contributed by atoms with Crippen molar-refractivity contribution in [2.75, 3.05) is 13.1 Å². The van der Waals surface area contributed by atoms with E-state index in [0.29, 0.717) is 29.8 Å². The monoisotopic (exact) mass is 331 g/mol. The Bertz CT molecular complexity index is 912. The van der Waals surface area contributed by atoms with Crippen molar-refractivity contribution < 1.29 is 9.59 Å². The van der Waals surface area contributed by atoms with Gasteiger partial charge in [-0.05, 0) is 30.7 Å². The molecular formula is C22H21NO2. The summed E-state index contributed by atoms with van der Waals surface area (Å²) in [6.45, 7) is 5.12. The van der Waals surface area contributed by atoms with Gasteiger partial charge in [-0.2, -0.15) is 0 Å². The number of hydrogen-bond donors (Lipinski definition) is 0. The first-order valence-corrected chi connectivity index (χ1v) is 8.58. The van der Waals surface area contributed by atoms with E-state index in [2.05, 4.69) is 0 Å². The first kappa shape index (κ1) is 16.9. The molecule has 0 spiro atoms. The predicted octanol–water partition coefficient (Wildman–Crippen LogP) is 4.55. The van der Waals surface area contributed by atoms with Gasteiger partial charge in [-0.3, -0.25) is 9.59 Å². The number of carbonyl (C=O) groups is 2. The molecule has 3 heteroatoms. The molecule has 3 aromatic rings. The maximum atomic E-state index is 13.2. The average Bonchev–Trinajstić information content (AvgIpc) is 2.68. The minimum absolute atomic E-state index is 0.0962. The van der Waals surface area contributed by atoms with Crippen LogP contribution in [0.5, 0.6) is 0 Å². The maximum Gasteiger partial charge on any atom is 0.255 e. The van der Waals surface area contributed by atoms with Crippen molar-refractivity contribution in [1.29, 1.82) is 0 Å². The molecule has 0 N–H and O–H groups in total. The summed E-state index contributed by atoms with van der Waals surface area (Å²) in [5.74, 6) is -0.219. The smallest absolute Gasteiger partial charge is 0.255 e. The largest absolute Gasteiger partial charge is 0.339 e. The highest BCUT2D eigenvalue weighted by Crippen LogP contribution is 2.26. The van der Waals surface area contributed by atoms with Crippen LogP contribution >= 0.6 is 0 Å². The van der Waals surface area contributed by atoms with Gasteiger partial charge in [0.1, 0.15) is 0 Å². The summed E-state index contributed by atoms with van der Waals surface area (Å²) in [5.41, 5.74) is 1.55. The third-order valence-corrected chi connectivity index (χ3v) is 4.47. The number of fused-ring (bicyclic) bond motifs is 1. The van der Waals surface area contributed by atoms with Crippen molar-refractivity contribution in [3.63, 3.8) is 0 Å². The molecule has 0 aliphatic rings. The van der Waals surface area contributed by atoms with Gasteiger partial charge in [0.15, 0.2) is 5.78 Å². The van der Waals surface area contributed by atoms with Crippen molar-refractivity contribution in [2.45, 2.75) is 13.8 Å². The molecule has 3 nitrogen and oxygen atoms in total. The van der Waals surface area contributed by atoms with E-state index in [4.69, 9.17) is 0 Å². The van der Waals surface area contributed by atoms with Gasteiger partial charge in [-0.15, -0.1) is 0 Å². The second kappa shape index (κ2) is 7.31.